The number of esters is 1. The Hall–Kier alpha value is -1.26. The Balaban J connectivity index is 2.08. The number of hydrogen-bond acceptors (Lipinski definition) is 4. The van der Waals surface area contributed by atoms with Gasteiger partial charge in [0.2, 0.25) is 0 Å². The average molecular weight is 292 g/mol. The quantitative estimate of drug-likeness (QED) is 0.866. The minimum absolute atomic E-state index is 0.194. The van der Waals surface area contributed by atoms with Crippen LogP contribution >= 0.6 is 11.8 Å². The summed E-state index contributed by atoms with van der Waals surface area (Å²) in [7, 11) is 0. The van der Waals surface area contributed by atoms with Gasteiger partial charge in [0.15, 0.2) is 0 Å². The molecule has 20 heavy (non-hydrogen) atoms. The maximum atomic E-state index is 11.7. The lowest BCUT2D eigenvalue weighted by molar-refractivity contribution is -0.144. The van der Waals surface area contributed by atoms with Crippen LogP contribution in [0.5, 0.6) is 0 Å². The van der Waals surface area contributed by atoms with Crippen LogP contribution in [0.3, 0.4) is 0 Å². The van der Waals surface area contributed by atoms with Gasteiger partial charge in [-0.1, -0.05) is 24.3 Å². The molecule has 1 aromatic carbocycles. The third kappa shape index (κ3) is 3.64. The lowest BCUT2D eigenvalue weighted by atomic mass is 10.00. The summed E-state index contributed by atoms with van der Waals surface area (Å²) in [6, 6.07) is 7.84. The van der Waals surface area contributed by atoms with Crippen molar-refractivity contribution in [1.82, 2.24) is 0 Å². The van der Waals surface area contributed by atoms with Crippen molar-refractivity contribution >= 4 is 23.8 Å². The molecule has 1 aliphatic heterocycles. The van der Waals surface area contributed by atoms with E-state index in [1.807, 2.05) is 44.2 Å². The van der Waals surface area contributed by atoms with Crippen LogP contribution < -0.4 is 0 Å². The van der Waals surface area contributed by atoms with Gasteiger partial charge in [0.25, 0.3) is 0 Å². The van der Waals surface area contributed by atoms with E-state index in [1.54, 1.807) is 11.8 Å². The zero-order valence-electron chi connectivity index (χ0n) is 11.8. The van der Waals surface area contributed by atoms with Gasteiger partial charge in [0.1, 0.15) is 0 Å². The van der Waals surface area contributed by atoms with Gasteiger partial charge < -0.3 is 9.84 Å². The van der Waals surface area contributed by atoms with Crippen LogP contribution in [0.1, 0.15) is 37.3 Å². The van der Waals surface area contributed by atoms with E-state index in [9.17, 15) is 9.90 Å². The third-order valence-corrected chi connectivity index (χ3v) is 4.54. The molecule has 4 heteroatoms. The zero-order chi connectivity index (χ0) is 14.5. The predicted octanol–water partition coefficient (Wildman–Crippen LogP) is 3.19. The Morgan fingerprint density at radius 2 is 2.20 bits per heavy atom. The number of carbonyl (C=O) groups excluding carboxylic acids is 1. The number of rotatable bonds is 4. The van der Waals surface area contributed by atoms with Gasteiger partial charge in [0.05, 0.1) is 18.6 Å². The molecular weight excluding hydrogens is 272 g/mol. The van der Waals surface area contributed by atoms with Gasteiger partial charge in [-0.15, -0.1) is 11.8 Å². The average Bonchev–Trinajstić information content (AvgIpc) is 2.85. The van der Waals surface area contributed by atoms with Crippen molar-refractivity contribution in [3.8, 4) is 0 Å². The van der Waals surface area contributed by atoms with Crippen LogP contribution in [0.25, 0.3) is 6.08 Å². The molecule has 3 nitrogen and oxygen atoms in total. The fourth-order valence-corrected chi connectivity index (χ4v) is 3.22. The number of benzene rings is 1. The van der Waals surface area contributed by atoms with Crippen molar-refractivity contribution in [3.63, 3.8) is 0 Å². The smallest absolute Gasteiger partial charge is 0.313 e. The Morgan fingerprint density at radius 3 is 2.75 bits per heavy atom. The van der Waals surface area contributed by atoms with E-state index in [0.717, 1.165) is 28.2 Å². The summed E-state index contributed by atoms with van der Waals surface area (Å²) in [5, 5.41) is 9.77. The highest BCUT2D eigenvalue weighted by atomic mass is 32.2. The first kappa shape index (κ1) is 15.1. The number of aliphatic hydroxyl groups is 1. The molecule has 1 heterocycles. The normalized spacial score (nSPS) is 21.9. The molecule has 0 spiro atoms. The van der Waals surface area contributed by atoms with Gasteiger partial charge in [-0.3, -0.25) is 4.79 Å². The molecule has 0 saturated carbocycles. The number of hydrogen-bond donors (Lipinski definition) is 1. The van der Waals surface area contributed by atoms with Gasteiger partial charge >= 0.3 is 5.97 Å². The van der Waals surface area contributed by atoms with E-state index < -0.39 is 0 Å². The van der Waals surface area contributed by atoms with E-state index >= 15 is 0 Å². The Kier molecular flexibility index (Phi) is 5.26. The molecule has 0 aromatic heterocycles. The lowest BCUT2D eigenvalue weighted by Gasteiger charge is -2.11. The first-order valence-electron chi connectivity index (χ1n) is 6.91. The summed E-state index contributed by atoms with van der Waals surface area (Å²) < 4.78 is 5.02. The lowest BCUT2D eigenvalue weighted by Crippen LogP contribution is -2.12. The minimum Gasteiger partial charge on any atom is -0.466 e. The van der Waals surface area contributed by atoms with Gasteiger partial charge in [-0.05, 0) is 37.5 Å². The number of aliphatic hydroxyl groups excluding tert-OH is 1. The van der Waals surface area contributed by atoms with Crippen LogP contribution in [0.4, 0.5) is 0 Å². The van der Waals surface area contributed by atoms with Crippen LogP contribution in [-0.2, 0) is 9.53 Å². The first-order valence-corrected chi connectivity index (χ1v) is 7.89. The Morgan fingerprint density at radius 1 is 1.50 bits per heavy atom. The second kappa shape index (κ2) is 6.95. The van der Waals surface area contributed by atoms with Crippen LogP contribution in [0.2, 0.25) is 0 Å². The highest BCUT2D eigenvalue weighted by Gasteiger charge is 2.19. The van der Waals surface area contributed by atoms with Gasteiger partial charge in [-0.2, -0.15) is 0 Å². The SMILES string of the molecule is CCOC(=O)C(C)c1ccc(/C=C2\SCCC2O)cc1. The molecule has 2 unspecified atom stereocenters. The Bertz CT molecular complexity index is 493. The van der Waals surface area contributed by atoms with E-state index in [4.69, 9.17) is 4.74 Å². The van der Waals surface area contributed by atoms with Gasteiger partial charge in [-0.25, -0.2) is 0 Å². The molecule has 1 fully saturated rings. The highest BCUT2D eigenvalue weighted by molar-refractivity contribution is 8.03. The van der Waals surface area contributed by atoms with Gasteiger partial charge in [0, 0.05) is 10.7 Å². The van der Waals surface area contributed by atoms with Crippen LogP contribution in [-0.4, -0.2) is 29.5 Å². The molecule has 0 radical (unpaired) electrons. The molecule has 1 aromatic rings. The molecule has 2 atom stereocenters. The van der Waals surface area contributed by atoms with Crippen molar-refractivity contribution in [1.29, 1.82) is 0 Å². The third-order valence-electron chi connectivity index (χ3n) is 3.37. The Labute approximate surface area is 124 Å². The van der Waals surface area contributed by atoms with E-state index in [0.29, 0.717) is 6.61 Å². The summed E-state index contributed by atoms with van der Waals surface area (Å²) in [4.78, 5) is 12.7. The standard InChI is InChI=1S/C16H20O3S/c1-3-19-16(18)11(2)13-6-4-12(5-7-13)10-15-14(17)8-9-20-15/h4-7,10-11,14,17H,3,8-9H2,1-2H3/b15-10-. The van der Waals surface area contributed by atoms with Crippen molar-refractivity contribution < 1.29 is 14.6 Å². The molecule has 0 bridgehead atoms. The fraction of sp³-hybridized carbons (Fsp3) is 0.438. The molecule has 1 N–H and O–H groups in total. The topological polar surface area (TPSA) is 46.5 Å². The highest BCUT2D eigenvalue weighted by Crippen LogP contribution is 2.32. The summed E-state index contributed by atoms with van der Waals surface area (Å²) >= 11 is 1.70. The predicted molar refractivity (Wildman–Crippen MR) is 82.5 cm³/mol. The van der Waals surface area contributed by atoms with E-state index in [-0.39, 0.29) is 18.0 Å². The largest absolute Gasteiger partial charge is 0.466 e. The number of thioether (sulfide) groups is 1. The first-order chi connectivity index (χ1) is 9.61. The molecular formula is C16H20O3S. The van der Waals surface area contributed by atoms with Crippen LogP contribution in [0, 0.1) is 0 Å². The molecule has 108 valence electrons. The fourth-order valence-electron chi connectivity index (χ4n) is 2.11. The molecule has 0 amide bonds. The molecule has 1 saturated heterocycles. The second-order valence-electron chi connectivity index (χ2n) is 4.84. The van der Waals surface area contributed by atoms with Crippen molar-refractivity contribution in [2.45, 2.75) is 32.3 Å². The van der Waals surface area contributed by atoms with Crippen LogP contribution in [0.15, 0.2) is 29.2 Å². The minimum atomic E-state index is -0.321. The monoisotopic (exact) mass is 292 g/mol. The maximum Gasteiger partial charge on any atom is 0.313 e. The second-order valence-corrected chi connectivity index (χ2v) is 6.01. The molecule has 1 aliphatic rings. The maximum absolute atomic E-state index is 11.7. The zero-order valence-corrected chi connectivity index (χ0v) is 12.7. The van der Waals surface area contributed by atoms with Crippen molar-refractivity contribution in [3.05, 3.63) is 40.3 Å². The van der Waals surface area contributed by atoms with E-state index in [2.05, 4.69) is 0 Å². The van der Waals surface area contributed by atoms with Crippen molar-refractivity contribution in [2.24, 2.45) is 0 Å². The van der Waals surface area contributed by atoms with Crippen molar-refractivity contribution in [2.75, 3.05) is 12.4 Å². The molecule has 2 rings (SSSR count). The molecule has 0 aliphatic carbocycles. The summed E-state index contributed by atoms with van der Waals surface area (Å²) in [5.41, 5.74) is 2.00. The number of carbonyl (C=O) groups is 1. The van der Waals surface area contributed by atoms with E-state index in [1.165, 1.54) is 0 Å². The number of ether oxygens (including phenoxy) is 1. The summed E-state index contributed by atoms with van der Waals surface area (Å²) in [6.45, 7) is 4.06. The summed E-state index contributed by atoms with van der Waals surface area (Å²) in [5.74, 6) is 0.536. The summed E-state index contributed by atoms with van der Waals surface area (Å²) in [6.07, 6.45) is 2.52.